The van der Waals surface area contributed by atoms with Gasteiger partial charge in [0.1, 0.15) is 0 Å². The number of nitrogens with one attached hydrogen (secondary N) is 1. The largest absolute Gasteiger partial charge is 0.381 e. The maximum Gasteiger partial charge on any atom is 0.311 e. The van der Waals surface area contributed by atoms with Crippen molar-refractivity contribution in [2.45, 2.75) is 26.2 Å². The molecule has 0 saturated carbocycles. The van der Waals surface area contributed by atoms with E-state index in [1.165, 1.54) is 12.3 Å². The summed E-state index contributed by atoms with van der Waals surface area (Å²) in [4.78, 5) is 14.2. The van der Waals surface area contributed by atoms with Gasteiger partial charge in [0.15, 0.2) is 0 Å². The molecule has 0 atom stereocenters. The molecule has 0 fully saturated rings. The van der Waals surface area contributed by atoms with Crippen molar-refractivity contribution in [2.24, 2.45) is 0 Å². The van der Waals surface area contributed by atoms with E-state index in [0.717, 1.165) is 25.9 Å². The van der Waals surface area contributed by atoms with Crippen molar-refractivity contribution in [3.05, 3.63) is 28.4 Å². The van der Waals surface area contributed by atoms with Gasteiger partial charge in [0.2, 0.25) is 5.82 Å². The third-order valence-corrected chi connectivity index (χ3v) is 2.38. The number of nitrogens with zero attached hydrogens (tertiary/aromatic N) is 2. The highest BCUT2D eigenvalue weighted by Gasteiger charge is 2.12. The molecule has 0 aromatic carbocycles. The Bertz CT molecular complexity index is 371. The lowest BCUT2D eigenvalue weighted by molar-refractivity contribution is -0.384. The van der Waals surface area contributed by atoms with Crippen LogP contribution in [0.15, 0.2) is 18.3 Å². The second kappa shape index (κ2) is 8.41. The fourth-order valence-corrected chi connectivity index (χ4v) is 1.41. The molecule has 1 N–H and O–H groups in total. The van der Waals surface area contributed by atoms with E-state index in [0.29, 0.717) is 19.0 Å². The smallest absolute Gasteiger partial charge is 0.311 e. The normalized spacial score (nSPS) is 10.3. The second-order valence-electron chi connectivity index (χ2n) is 3.87. The van der Waals surface area contributed by atoms with Gasteiger partial charge < -0.3 is 10.1 Å². The van der Waals surface area contributed by atoms with Crippen molar-refractivity contribution in [1.29, 1.82) is 0 Å². The lowest BCUT2D eigenvalue weighted by Gasteiger charge is -2.06. The average Bonchev–Trinajstić information content (AvgIpc) is 2.38. The van der Waals surface area contributed by atoms with Crippen molar-refractivity contribution >= 4 is 11.5 Å². The minimum Gasteiger partial charge on any atom is -0.381 e. The monoisotopic (exact) mass is 253 g/mol. The molecule has 0 radical (unpaired) electrons. The van der Waals surface area contributed by atoms with E-state index < -0.39 is 4.92 Å². The van der Waals surface area contributed by atoms with Crippen LogP contribution in [0.4, 0.5) is 11.5 Å². The molecule has 1 heterocycles. The Hall–Kier alpha value is -1.69. The lowest BCUT2D eigenvalue weighted by atomic mass is 10.3. The lowest BCUT2D eigenvalue weighted by Crippen LogP contribution is -2.09. The summed E-state index contributed by atoms with van der Waals surface area (Å²) in [6, 6.07) is 2.99. The molecular formula is C12H19N3O3. The van der Waals surface area contributed by atoms with E-state index in [9.17, 15) is 10.1 Å². The van der Waals surface area contributed by atoms with E-state index in [1.807, 2.05) is 0 Å². The van der Waals surface area contributed by atoms with E-state index in [4.69, 9.17) is 4.74 Å². The van der Waals surface area contributed by atoms with Gasteiger partial charge in [-0.1, -0.05) is 13.3 Å². The van der Waals surface area contributed by atoms with Crippen LogP contribution in [0.3, 0.4) is 0 Å². The van der Waals surface area contributed by atoms with Crippen LogP contribution >= 0.6 is 0 Å². The summed E-state index contributed by atoms with van der Waals surface area (Å²) in [6.07, 6.45) is 4.53. The summed E-state index contributed by atoms with van der Waals surface area (Å²) >= 11 is 0. The number of ether oxygens (including phenoxy) is 1. The highest BCUT2D eigenvalue weighted by molar-refractivity contribution is 5.54. The van der Waals surface area contributed by atoms with Crippen LogP contribution < -0.4 is 5.32 Å². The molecule has 0 saturated heterocycles. The molecule has 1 rings (SSSR count). The summed E-state index contributed by atoms with van der Waals surface area (Å²) < 4.78 is 5.40. The molecule has 0 spiro atoms. The first kappa shape index (κ1) is 14.4. The number of anilines is 1. The molecule has 0 unspecified atom stereocenters. The quantitative estimate of drug-likeness (QED) is 0.416. The van der Waals surface area contributed by atoms with E-state index in [2.05, 4.69) is 17.2 Å². The number of hydrogen-bond acceptors (Lipinski definition) is 5. The van der Waals surface area contributed by atoms with Gasteiger partial charge in [0.05, 0.1) is 4.92 Å². The summed E-state index contributed by atoms with van der Waals surface area (Å²) in [5.41, 5.74) is 0.00408. The van der Waals surface area contributed by atoms with E-state index >= 15 is 0 Å². The Morgan fingerprint density at radius 2 is 2.22 bits per heavy atom. The Morgan fingerprint density at radius 1 is 1.44 bits per heavy atom. The number of rotatable bonds is 9. The molecule has 18 heavy (non-hydrogen) atoms. The summed E-state index contributed by atoms with van der Waals surface area (Å²) in [5, 5.41) is 13.7. The van der Waals surface area contributed by atoms with Crippen LogP contribution in [0.1, 0.15) is 26.2 Å². The number of unbranched alkanes of at least 4 members (excludes halogenated alkanes) is 1. The first-order valence-corrected chi connectivity index (χ1v) is 6.16. The van der Waals surface area contributed by atoms with Gasteiger partial charge in [-0.05, 0) is 18.9 Å². The third kappa shape index (κ3) is 5.09. The maximum absolute atomic E-state index is 10.7. The Labute approximate surface area is 107 Å². The number of pyridine rings is 1. The molecule has 0 aliphatic carbocycles. The summed E-state index contributed by atoms with van der Waals surface area (Å²) in [7, 11) is 0. The zero-order valence-corrected chi connectivity index (χ0v) is 10.6. The Morgan fingerprint density at radius 3 is 2.94 bits per heavy atom. The van der Waals surface area contributed by atoms with E-state index in [1.54, 1.807) is 6.07 Å². The number of nitro groups is 1. The molecule has 0 aliphatic heterocycles. The zero-order valence-electron chi connectivity index (χ0n) is 10.6. The standard InChI is InChI=1S/C12H19N3O3/c1-2-3-9-18-10-5-8-14-12-11(15(16)17)6-4-7-13-12/h4,6-7H,2-3,5,8-10H2,1H3,(H,13,14). The highest BCUT2D eigenvalue weighted by Crippen LogP contribution is 2.19. The maximum atomic E-state index is 10.7. The number of hydrogen-bond donors (Lipinski definition) is 1. The van der Waals surface area contributed by atoms with Crippen LogP contribution in [0.2, 0.25) is 0 Å². The first-order valence-electron chi connectivity index (χ1n) is 6.16. The number of aromatic nitrogens is 1. The fraction of sp³-hybridized carbons (Fsp3) is 0.583. The van der Waals surface area contributed by atoms with Crippen molar-refractivity contribution in [2.75, 3.05) is 25.1 Å². The molecule has 6 nitrogen and oxygen atoms in total. The summed E-state index contributed by atoms with van der Waals surface area (Å²) in [5.74, 6) is 0.316. The summed E-state index contributed by atoms with van der Waals surface area (Å²) in [6.45, 7) is 4.17. The van der Waals surface area contributed by atoms with Crippen molar-refractivity contribution in [1.82, 2.24) is 4.98 Å². The molecule has 1 aromatic rings. The van der Waals surface area contributed by atoms with Gasteiger partial charge in [0, 0.05) is 32.0 Å². The van der Waals surface area contributed by atoms with Gasteiger partial charge in [-0.2, -0.15) is 0 Å². The predicted molar refractivity (Wildman–Crippen MR) is 69.7 cm³/mol. The Balaban J connectivity index is 2.25. The molecule has 1 aromatic heterocycles. The molecule has 0 amide bonds. The van der Waals surface area contributed by atoms with Crippen molar-refractivity contribution < 1.29 is 9.66 Å². The van der Waals surface area contributed by atoms with E-state index in [-0.39, 0.29) is 5.69 Å². The average molecular weight is 253 g/mol. The van der Waals surface area contributed by atoms with Gasteiger partial charge in [-0.3, -0.25) is 10.1 Å². The topological polar surface area (TPSA) is 77.3 Å². The van der Waals surface area contributed by atoms with Crippen LogP contribution in [0.25, 0.3) is 0 Å². The molecule has 0 aliphatic rings. The van der Waals surface area contributed by atoms with Crippen molar-refractivity contribution in [3.8, 4) is 0 Å². The van der Waals surface area contributed by atoms with Gasteiger partial charge >= 0.3 is 5.69 Å². The van der Waals surface area contributed by atoms with Crippen LogP contribution in [0.5, 0.6) is 0 Å². The van der Waals surface area contributed by atoms with Crippen LogP contribution in [0, 0.1) is 10.1 Å². The molecular weight excluding hydrogens is 234 g/mol. The van der Waals surface area contributed by atoms with Gasteiger partial charge in [-0.15, -0.1) is 0 Å². The predicted octanol–water partition coefficient (Wildman–Crippen LogP) is 2.61. The minimum atomic E-state index is -0.437. The van der Waals surface area contributed by atoms with Crippen LogP contribution in [-0.4, -0.2) is 29.7 Å². The van der Waals surface area contributed by atoms with Crippen LogP contribution in [-0.2, 0) is 4.74 Å². The fourth-order valence-electron chi connectivity index (χ4n) is 1.41. The molecule has 100 valence electrons. The third-order valence-electron chi connectivity index (χ3n) is 2.38. The zero-order chi connectivity index (χ0) is 13.2. The SMILES string of the molecule is CCCCOCCCNc1ncccc1[N+](=O)[O-]. The second-order valence-corrected chi connectivity index (χ2v) is 3.87. The van der Waals surface area contributed by atoms with Crippen molar-refractivity contribution in [3.63, 3.8) is 0 Å². The minimum absolute atomic E-state index is 0.00408. The highest BCUT2D eigenvalue weighted by atomic mass is 16.6. The first-order chi connectivity index (χ1) is 8.75. The van der Waals surface area contributed by atoms with Gasteiger partial charge in [0.25, 0.3) is 0 Å². The molecule has 0 bridgehead atoms. The van der Waals surface area contributed by atoms with Gasteiger partial charge in [-0.25, -0.2) is 4.98 Å². The molecule has 6 heteroatoms. The Kier molecular flexibility index (Phi) is 6.71.